The van der Waals surface area contributed by atoms with Gasteiger partial charge in [-0.25, -0.2) is 4.98 Å². The van der Waals surface area contributed by atoms with Gasteiger partial charge in [-0.3, -0.25) is 0 Å². The minimum absolute atomic E-state index is 0.523. The zero-order valence-corrected chi connectivity index (χ0v) is 12.2. The number of nitrogens with one attached hydrogen (secondary N) is 2. The molecule has 0 fully saturated rings. The third kappa shape index (κ3) is 3.51. The number of halogens is 1. The Bertz CT molecular complexity index is 572. The van der Waals surface area contributed by atoms with Gasteiger partial charge in [-0.2, -0.15) is 0 Å². The van der Waals surface area contributed by atoms with Crippen molar-refractivity contribution >= 4 is 44.8 Å². The van der Waals surface area contributed by atoms with Crippen LogP contribution in [0.25, 0.3) is 0 Å². The van der Waals surface area contributed by atoms with Crippen molar-refractivity contribution in [3.05, 3.63) is 52.6 Å². The van der Waals surface area contributed by atoms with E-state index < -0.39 is 0 Å². The first-order valence-corrected chi connectivity index (χ1v) is 6.60. The topological polar surface area (TPSA) is 37.0 Å². The van der Waals surface area contributed by atoms with Crippen LogP contribution in [0.3, 0.4) is 0 Å². The summed E-state index contributed by atoms with van der Waals surface area (Å²) in [5.41, 5.74) is 1.98. The summed E-state index contributed by atoms with van der Waals surface area (Å²) in [6.45, 7) is 1.98. The van der Waals surface area contributed by atoms with Crippen LogP contribution in [-0.4, -0.2) is 10.1 Å². The van der Waals surface area contributed by atoms with Crippen LogP contribution in [0.2, 0.25) is 0 Å². The van der Waals surface area contributed by atoms with E-state index in [2.05, 4.69) is 31.5 Å². The number of aromatic nitrogens is 1. The van der Waals surface area contributed by atoms with E-state index >= 15 is 0 Å². The number of pyridine rings is 1. The van der Waals surface area contributed by atoms with E-state index in [1.807, 2.05) is 43.3 Å². The maximum Gasteiger partial charge on any atom is 0.176 e. The Kier molecular flexibility index (Phi) is 4.28. The second-order valence-corrected chi connectivity index (χ2v) is 5.08. The van der Waals surface area contributed by atoms with Gasteiger partial charge in [0.2, 0.25) is 0 Å². The summed E-state index contributed by atoms with van der Waals surface area (Å²) in [6.07, 6.45) is 1.73. The largest absolute Gasteiger partial charge is 0.332 e. The number of rotatable bonds is 2. The molecule has 2 aromatic rings. The molecule has 0 saturated heterocycles. The van der Waals surface area contributed by atoms with E-state index in [1.54, 1.807) is 6.20 Å². The zero-order chi connectivity index (χ0) is 13.0. The SMILES string of the molecule is Cc1cccnc1NC(=S)Nc1cccc(Br)c1. The van der Waals surface area contributed by atoms with Crippen LogP contribution >= 0.6 is 28.1 Å². The molecule has 3 nitrogen and oxygen atoms in total. The average Bonchev–Trinajstić information content (AvgIpc) is 2.32. The second kappa shape index (κ2) is 5.93. The molecular formula is C13H12BrN3S. The molecular weight excluding hydrogens is 310 g/mol. The minimum atomic E-state index is 0.523. The molecule has 92 valence electrons. The molecule has 0 spiro atoms. The summed E-state index contributed by atoms with van der Waals surface area (Å²) in [7, 11) is 0. The fourth-order valence-electron chi connectivity index (χ4n) is 1.45. The maximum atomic E-state index is 5.24. The van der Waals surface area contributed by atoms with Gasteiger partial charge in [0.25, 0.3) is 0 Å². The monoisotopic (exact) mass is 321 g/mol. The van der Waals surface area contributed by atoms with Gasteiger partial charge in [-0.1, -0.05) is 28.1 Å². The number of anilines is 2. The zero-order valence-electron chi connectivity index (χ0n) is 9.77. The number of aryl methyl sites for hydroxylation is 1. The first-order valence-electron chi connectivity index (χ1n) is 5.40. The molecule has 1 aromatic heterocycles. The molecule has 0 bridgehead atoms. The van der Waals surface area contributed by atoms with Gasteiger partial charge in [-0.05, 0) is 49.0 Å². The van der Waals surface area contributed by atoms with Gasteiger partial charge in [0.15, 0.2) is 5.11 Å². The third-order valence-corrected chi connectivity index (χ3v) is 3.02. The lowest BCUT2D eigenvalue weighted by Gasteiger charge is -2.11. The van der Waals surface area contributed by atoms with Crippen molar-refractivity contribution in [1.82, 2.24) is 4.98 Å². The van der Waals surface area contributed by atoms with Crippen molar-refractivity contribution in [2.24, 2.45) is 0 Å². The van der Waals surface area contributed by atoms with Crippen LogP contribution in [0.5, 0.6) is 0 Å². The van der Waals surface area contributed by atoms with Crippen molar-refractivity contribution in [3.8, 4) is 0 Å². The Hall–Kier alpha value is -1.46. The van der Waals surface area contributed by atoms with E-state index in [9.17, 15) is 0 Å². The molecule has 0 amide bonds. The number of hydrogen-bond acceptors (Lipinski definition) is 2. The van der Waals surface area contributed by atoms with Crippen molar-refractivity contribution in [2.75, 3.05) is 10.6 Å². The van der Waals surface area contributed by atoms with E-state index in [-0.39, 0.29) is 0 Å². The summed E-state index contributed by atoms with van der Waals surface area (Å²) in [4.78, 5) is 4.23. The highest BCUT2D eigenvalue weighted by Crippen LogP contribution is 2.16. The molecule has 0 saturated carbocycles. The number of hydrogen-bond donors (Lipinski definition) is 2. The van der Waals surface area contributed by atoms with Crippen LogP contribution in [0.4, 0.5) is 11.5 Å². The molecule has 0 aliphatic heterocycles. The molecule has 18 heavy (non-hydrogen) atoms. The number of nitrogens with zero attached hydrogens (tertiary/aromatic N) is 1. The van der Waals surface area contributed by atoms with Gasteiger partial charge in [0.05, 0.1) is 0 Å². The van der Waals surface area contributed by atoms with Crippen LogP contribution in [0.1, 0.15) is 5.56 Å². The van der Waals surface area contributed by atoms with E-state index in [4.69, 9.17) is 12.2 Å². The van der Waals surface area contributed by atoms with E-state index in [0.29, 0.717) is 5.11 Å². The van der Waals surface area contributed by atoms with Gasteiger partial charge in [-0.15, -0.1) is 0 Å². The molecule has 0 unspecified atom stereocenters. The molecule has 0 atom stereocenters. The quantitative estimate of drug-likeness (QED) is 0.821. The predicted molar refractivity (Wildman–Crippen MR) is 83.0 cm³/mol. The molecule has 0 aliphatic carbocycles. The summed E-state index contributed by atoms with van der Waals surface area (Å²) >= 11 is 8.66. The third-order valence-electron chi connectivity index (χ3n) is 2.32. The predicted octanol–water partition coefficient (Wildman–Crippen LogP) is 3.96. The first-order chi connectivity index (χ1) is 8.65. The highest BCUT2D eigenvalue weighted by Gasteiger charge is 2.02. The molecule has 5 heteroatoms. The van der Waals surface area contributed by atoms with E-state index in [1.165, 1.54) is 0 Å². The Morgan fingerprint density at radius 3 is 2.78 bits per heavy atom. The van der Waals surface area contributed by atoms with Crippen LogP contribution in [-0.2, 0) is 0 Å². The van der Waals surface area contributed by atoms with Gasteiger partial charge < -0.3 is 10.6 Å². The molecule has 0 aliphatic rings. The van der Waals surface area contributed by atoms with Crippen molar-refractivity contribution in [2.45, 2.75) is 6.92 Å². The lowest BCUT2D eigenvalue weighted by Crippen LogP contribution is -2.20. The summed E-state index contributed by atoms with van der Waals surface area (Å²) in [5, 5.41) is 6.70. The Morgan fingerprint density at radius 2 is 2.06 bits per heavy atom. The van der Waals surface area contributed by atoms with Gasteiger partial charge in [0, 0.05) is 16.4 Å². The van der Waals surface area contributed by atoms with Crippen LogP contribution in [0, 0.1) is 6.92 Å². The van der Waals surface area contributed by atoms with Gasteiger partial charge >= 0.3 is 0 Å². The normalized spacial score (nSPS) is 9.89. The molecule has 1 heterocycles. The Balaban J connectivity index is 2.03. The van der Waals surface area contributed by atoms with Gasteiger partial charge in [0.1, 0.15) is 5.82 Å². The van der Waals surface area contributed by atoms with Crippen molar-refractivity contribution in [1.29, 1.82) is 0 Å². The summed E-state index contributed by atoms with van der Waals surface area (Å²) < 4.78 is 1.00. The lowest BCUT2D eigenvalue weighted by atomic mass is 10.3. The standard InChI is InChI=1S/C13H12BrN3S/c1-9-4-3-7-15-12(9)17-13(18)16-11-6-2-5-10(14)8-11/h2-8H,1H3,(H2,15,16,17,18). The smallest absolute Gasteiger partial charge is 0.176 e. The summed E-state index contributed by atoms with van der Waals surface area (Å²) in [5.74, 6) is 0.769. The first kappa shape index (κ1) is 13.0. The molecule has 2 rings (SSSR count). The average molecular weight is 322 g/mol. The van der Waals surface area contributed by atoms with Crippen LogP contribution < -0.4 is 10.6 Å². The Labute approximate surface area is 120 Å². The van der Waals surface area contributed by atoms with Crippen molar-refractivity contribution in [3.63, 3.8) is 0 Å². The number of thiocarbonyl (C=S) groups is 1. The lowest BCUT2D eigenvalue weighted by molar-refractivity contribution is 1.27. The Morgan fingerprint density at radius 1 is 1.22 bits per heavy atom. The number of benzene rings is 1. The fourth-order valence-corrected chi connectivity index (χ4v) is 2.07. The molecule has 2 N–H and O–H groups in total. The van der Waals surface area contributed by atoms with Crippen molar-refractivity contribution < 1.29 is 0 Å². The second-order valence-electron chi connectivity index (χ2n) is 3.76. The highest BCUT2D eigenvalue weighted by molar-refractivity contribution is 9.10. The van der Waals surface area contributed by atoms with Crippen LogP contribution in [0.15, 0.2) is 47.1 Å². The molecule has 0 radical (unpaired) electrons. The van der Waals surface area contributed by atoms with E-state index in [0.717, 1.165) is 21.5 Å². The minimum Gasteiger partial charge on any atom is -0.332 e. The summed E-state index contributed by atoms with van der Waals surface area (Å²) in [6, 6.07) is 11.7. The maximum absolute atomic E-state index is 5.24. The highest BCUT2D eigenvalue weighted by atomic mass is 79.9. The molecule has 1 aromatic carbocycles. The fraction of sp³-hybridized carbons (Fsp3) is 0.0769.